The molecule has 0 fully saturated rings. The molecule has 16 heavy (non-hydrogen) atoms. The fraction of sp³-hybridized carbons (Fsp3) is 0.600. The normalized spacial score (nSPS) is 11.5. The van der Waals surface area contributed by atoms with Gasteiger partial charge in [-0.25, -0.2) is 9.97 Å². The highest BCUT2D eigenvalue weighted by atomic mass is 35.5. The highest BCUT2D eigenvalue weighted by molar-refractivity contribution is 6.33. The van der Waals surface area contributed by atoms with Crippen molar-refractivity contribution in [2.24, 2.45) is 0 Å². The smallest absolute Gasteiger partial charge is 0.237 e. The van der Waals surface area contributed by atoms with E-state index < -0.39 is 0 Å². The fourth-order valence-electron chi connectivity index (χ4n) is 0.963. The lowest BCUT2D eigenvalue weighted by molar-refractivity contribution is 0.00509. The van der Waals surface area contributed by atoms with Gasteiger partial charge in [-0.1, -0.05) is 11.6 Å². The number of hydrogen-bond donors (Lipinski definition) is 1. The summed E-state index contributed by atoms with van der Waals surface area (Å²) in [4.78, 5) is 7.64. The van der Waals surface area contributed by atoms with Crippen molar-refractivity contribution >= 4 is 17.4 Å². The zero-order chi connectivity index (χ0) is 12.2. The van der Waals surface area contributed by atoms with Crippen molar-refractivity contribution in [2.45, 2.75) is 25.9 Å². The molecule has 0 aliphatic heterocycles. The number of nitrogens with two attached hydrogens (primary N) is 1. The summed E-state index contributed by atoms with van der Waals surface area (Å²) in [5, 5.41) is 0.248. The van der Waals surface area contributed by atoms with Crippen LogP contribution in [0.25, 0.3) is 0 Å². The molecule has 0 bridgehead atoms. The van der Waals surface area contributed by atoms with Gasteiger partial charge in [0, 0.05) is 13.5 Å². The molecule has 0 saturated heterocycles. The van der Waals surface area contributed by atoms with Crippen LogP contribution < -0.4 is 10.5 Å². The number of hydrogen-bond acceptors (Lipinski definition) is 5. The molecule has 0 atom stereocenters. The molecule has 6 heteroatoms. The van der Waals surface area contributed by atoms with Crippen LogP contribution >= 0.6 is 11.6 Å². The van der Waals surface area contributed by atoms with Crippen LogP contribution in [-0.4, -0.2) is 29.3 Å². The summed E-state index contributed by atoms with van der Waals surface area (Å²) in [5.41, 5.74) is 5.29. The zero-order valence-electron chi connectivity index (χ0n) is 9.66. The van der Waals surface area contributed by atoms with Crippen molar-refractivity contribution in [3.63, 3.8) is 0 Å². The molecule has 1 rings (SSSR count). The van der Waals surface area contributed by atoms with Gasteiger partial charge in [-0.2, -0.15) is 0 Å². The summed E-state index contributed by atoms with van der Waals surface area (Å²) in [6.07, 6.45) is 2.04. The molecule has 0 aliphatic carbocycles. The van der Waals surface area contributed by atoms with E-state index in [-0.39, 0.29) is 16.4 Å². The van der Waals surface area contributed by atoms with Crippen molar-refractivity contribution < 1.29 is 9.47 Å². The molecule has 0 aromatic carbocycles. The number of ether oxygens (including phenoxy) is 2. The molecular weight excluding hydrogens is 230 g/mol. The molecule has 0 saturated carbocycles. The Kier molecular flexibility index (Phi) is 4.32. The topological polar surface area (TPSA) is 70.3 Å². The predicted molar refractivity (Wildman–Crippen MR) is 62.7 cm³/mol. The van der Waals surface area contributed by atoms with Crippen LogP contribution in [0.5, 0.6) is 5.88 Å². The maximum Gasteiger partial charge on any atom is 0.237 e. The maximum atomic E-state index is 5.87. The summed E-state index contributed by atoms with van der Waals surface area (Å²) in [7, 11) is 1.66. The van der Waals surface area contributed by atoms with E-state index >= 15 is 0 Å². The second-order valence-electron chi connectivity index (χ2n) is 3.94. The summed E-state index contributed by atoms with van der Waals surface area (Å²) in [6.45, 7) is 4.41. The number of aromatic nitrogens is 2. The first-order valence-corrected chi connectivity index (χ1v) is 5.28. The summed E-state index contributed by atoms with van der Waals surface area (Å²) >= 11 is 5.87. The second-order valence-corrected chi connectivity index (χ2v) is 4.32. The highest BCUT2D eigenvalue weighted by Gasteiger charge is 2.17. The van der Waals surface area contributed by atoms with E-state index in [4.69, 9.17) is 26.8 Å². The highest BCUT2D eigenvalue weighted by Crippen LogP contribution is 2.25. The molecule has 0 unspecified atom stereocenters. The van der Waals surface area contributed by atoms with Gasteiger partial charge < -0.3 is 15.2 Å². The van der Waals surface area contributed by atoms with Crippen molar-refractivity contribution in [3.05, 3.63) is 11.3 Å². The summed E-state index contributed by atoms with van der Waals surface area (Å²) in [5.74, 6) is 0.527. The monoisotopic (exact) mass is 245 g/mol. The average Bonchev–Trinajstić information content (AvgIpc) is 2.24. The number of nitrogens with zero attached hydrogens (tertiary/aromatic N) is 2. The van der Waals surface area contributed by atoms with Gasteiger partial charge in [0.25, 0.3) is 0 Å². The van der Waals surface area contributed by atoms with Crippen LogP contribution in [0.3, 0.4) is 0 Å². The van der Waals surface area contributed by atoms with E-state index in [1.165, 1.54) is 6.33 Å². The standard InChI is InChI=1S/C10H16ClN3O2/c1-10(2,15-3)4-5-16-9-7(11)8(12)13-6-14-9/h6H,4-5H2,1-3H3,(H2,12,13,14). The van der Waals surface area contributed by atoms with Gasteiger partial charge in [0.1, 0.15) is 17.2 Å². The molecule has 0 spiro atoms. The van der Waals surface area contributed by atoms with E-state index in [2.05, 4.69) is 9.97 Å². The number of rotatable bonds is 5. The molecule has 0 aliphatic rings. The van der Waals surface area contributed by atoms with E-state index in [9.17, 15) is 0 Å². The third-order valence-electron chi connectivity index (χ3n) is 2.28. The van der Waals surface area contributed by atoms with Crippen molar-refractivity contribution in [2.75, 3.05) is 19.5 Å². The predicted octanol–water partition coefficient (Wildman–Crippen LogP) is 1.91. The van der Waals surface area contributed by atoms with Gasteiger partial charge in [-0.15, -0.1) is 0 Å². The first-order chi connectivity index (χ1) is 7.46. The van der Waals surface area contributed by atoms with Crippen molar-refractivity contribution in [3.8, 4) is 5.88 Å². The molecule has 90 valence electrons. The van der Waals surface area contributed by atoms with Crippen molar-refractivity contribution in [1.29, 1.82) is 0 Å². The number of anilines is 1. The Morgan fingerprint density at radius 3 is 2.75 bits per heavy atom. The molecule has 5 nitrogen and oxygen atoms in total. The van der Waals surface area contributed by atoms with E-state index in [0.717, 1.165) is 6.42 Å². The largest absolute Gasteiger partial charge is 0.476 e. The SMILES string of the molecule is COC(C)(C)CCOc1ncnc(N)c1Cl. The zero-order valence-corrected chi connectivity index (χ0v) is 10.4. The van der Waals surface area contributed by atoms with Crippen LogP contribution in [0.2, 0.25) is 5.02 Å². The first-order valence-electron chi connectivity index (χ1n) is 4.90. The van der Waals surface area contributed by atoms with Crippen LogP contribution in [0.15, 0.2) is 6.33 Å². The Balaban J connectivity index is 2.53. The minimum absolute atomic E-state index is 0.220. The van der Waals surface area contributed by atoms with E-state index in [0.29, 0.717) is 12.5 Å². The fourth-order valence-corrected chi connectivity index (χ4v) is 1.11. The van der Waals surface area contributed by atoms with Crippen LogP contribution in [-0.2, 0) is 4.74 Å². The maximum absolute atomic E-state index is 5.87. The Morgan fingerprint density at radius 1 is 1.44 bits per heavy atom. The minimum Gasteiger partial charge on any atom is -0.476 e. The Morgan fingerprint density at radius 2 is 2.12 bits per heavy atom. The number of methoxy groups -OCH3 is 1. The van der Waals surface area contributed by atoms with Crippen molar-refractivity contribution in [1.82, 2.24) is 9.97 Å². The van der Waals surface area contributed by atoms with E-state index in [1.54, 1.807) is 7.11 Å². The van der Waals surface area contributed by atoms with Gasteiger partial charge in [-0.05, 0) is 13.8 Å². The number of nitrogen functional groups attached to an aromatic ring is 1. The van der Waals surface area contributed by atoms with Gasteiger partial charge in [-0.3, -0.25) is 0 Å². The lowest BCUT2D eigenvalue weighted by atomic mass is 10.1. The summed E-state index contributed by atoms with van der Waals surface area (Å²) in [6, 6.07) is 0. The Labute approximate surface area is 99.9 Å². The number of halogens is 1. The van der Waals surface area contributed by atoms with Crippen LogP contribution in [0.1, 0.15) is 20.3 Å². The second kappa shape index (κ2) is 5.32. The molecule has 0 radical (unpaired) electrons. The molecular formula is C10H16ClN3O2. The van der Waals surface area contributed by atoms with E-state index in [1.807, 2.05) is 13.8 Å². The third kappa shape index (κ3) is 3.50. The third-order valence-corrected chi connectivity index (χ3v) is 2.64. The first kappa shape index (κ1) is 13.0. The van der Waals surface area contributed by atoms with Gasteiger partial charge >= 0.3 is 0 Å². The molecule has 2 N–H and O–H groups in total. The van der Waals surface area contributed by atoms with Gasteiger partial charge in [0.15, 0.2) is 0 Å². The van der Waals surface area contributed by atoms with Crippen LogP contribution in [0.4, 0.5) is 5.82 Å². The quantitative estimate of drug-likeness (QED) is 0.858. The molecule has 1 aromatic rings. The average molecular weight is 246 g/mol. The lowest BCUT2D eigenvalue weighted by Crippen LogP contribution is -2.25. The minimum atomic E-state index is -0.231. The lowest BCUT2D eigenvalue weighted by Gasteiger charge is -2.22. The van der Waals surface area contributed by atoms with Gasteiger partial charge in [0.05, 0.1) is 12.2 Å². The van der Waals surface area contributed by atoms with Gasteiger partial charge in [0.2, 0.25) is 5.88 Å². The summed E-state index contributed by atoms with van der Waals surface area (Å²) < 4.78 is 10.7. The molecule has 1 heterocycles. The van der Waals surface area contributed by atoms with Crippen LogP contribution in [0, 0.1) is 0 Å². The Hall–Kier alpha value is -1.07. The Bertz CT molecular complexity index is 358. The molecule has 0 amide bonds. The molecule has 1 aromatic heterocycles.